The molecule has 118 valence electrons. The molecular formula is C15H12ClN3O4. The van der Waals surface area contributed by atoms with Crippen molar-refractivity contribution >= 4 is 35.1 Å². The molecule has 0 unspecified atom stereocenters. The second-order valence-corrected chi connectivity index (χ2v) is 5.45. The van der Waals surface area contributed by atoms with E-state index in [1.54, 1.807) is 31.2 Å². The number of hydrogen-bond acceptors (Lipinski definition) is 5. The fraction of sp³-hybridized carbons (Fsp3) is 0.200. The van der Waals surface area contributed by atoms with Crippen LogP contribution in [0, 0.1) is 6.92 Å². The molecular weight excluding hydrogens is 322 g/mol. The van der Waals surface area contributed by atoms with Gasteiger partial charge in [-0.05, 0) is 19.1 Å². The minimum Gasteiger partial charge on any atom is -0.360 e. The molecule has 8 heteroatoms. The summed E-state index contributed by atoms with van der Waals surface area (Å²) in [6.45, 7) is 1.66. The third-order valence-electron chi connectivity index (χ3n) is 3.41. The monoisotopic (exact) mass is 333 g/mol. The highest BCUT2D eigenvalue weighted by atomic mass is 35.5. The van der Waals surface area contributed by atoms with Gasteiger partial charge >= 0.3 is 0 Å². The van der Waals surface area contributed by atoms with Gasteiger partial charge < -0.3 is 9.84 Å². The lowest BCUT2D eigenvalue weighted by molar-refractivity contribution is -0.116. The molecule has 2 heterocycles. The maximum Gasteiger partial charge on any atom is 0.263 e. The van der Waals surface area contributed by atoms with Crippen molar-refractivity contribution in [1.82, 2.24) is 10.1 Å². The van der Waals surface area contributed by atoms with Crippen LogP contribution in [0.15, 0.2) is 28.8 Å². The van der Waals surface area contributed by atoms with Crippen molar-refractivity contribution in [2.75, 3.05) is 11.9 Å². The molecule has 0 saturated carbocycles. The van der Waals surface area contributed by atoms with Crippen LogP contribution in [0.1, 0.15) is 32.9 Å². The molecule has 0 bridgehead atoms. The minimum atomic E-state index is -0.485. The second kappa shape index (κ2) is 5.85. The fourth-order valence-electron chi connectivity index (χ4n) is 2.34. The Kier molecular flexibility index (Phi) is 3.87. The SMILES string of the molecule is Cc1cc(NC(=O)CCN2C(=O)c3cccc(Cl)c3C2=O)no1. The van der Waals surface area contributed by atoms with Crippen molar-refractivity contribution in [3.05, 3.63) is 46.2 Å². The number of hydrogen-bond donors (Lipinski definition) is 1. The first kappa shape index (κ1) is 15.2. The number of imide groups is 1. The molecule has 23 heavy (non-hydrogen) atoms. The largest absolute Gasteiger partial charge is 0.360 e. The number of amides is 3. The molecule has 0 aliphatic carbocycles. The number of nitrogens with one attached hydrogen (secondary N) is 1. The second-order valence-electron chi connectivity index (χ2n) is 5.05. The Bertz CT molecular complexity index is 815. The van der Waals surface area contributed by atoms with Gasteiger partial charge in [-0.3, -0.25) is 19.3 Å². The number of benzene rings is 1. The quantitative estimate of drug-likeness (QED) is 0.866. The van der Waals surface area contributed by atoms with Gasteiger partial charge in [-0.1, -0.05) is 22.8 Å². The fourth-order valence-corrected chi connectivity index (χ4v) is 2.59. The molecule has 0 fully saturated rings. The molecule has 0 saturated heterocycles. The van der Waals surface area contributed by atoms with Gasteiger partial charge in [0.2, 0.25) is 5.91 Å². The summed E-state index contributed by atoms with van der Waals surface area (Å²) in [6.07, 6.45) is -0.0466. The summed E-state index contributed by atoms with van der Waals surface area (Å²) in [5, 5.41) is 6.40. The Hall–Kier alpha value is -2.67. The number of aromatic nitrogens is 1. The first-order valence-corrected chi connectivity index (χ1v) is 7.23. The maximum absolute atomic E-state index is 12.3. The summed E-state index contributed by atoms with van der Waals surface area (Å²) < 4.78 is 4.83. The predicted molar refractivity (Wildman–Crippen MR) is 81.3 cm³/mol. The number of fused-ring (bicyclic) bond motifs is 1. The highest BCUT2D eigenvalue weighted by Gasteiger charge is 2.37. The normalized spacial score (nSPS) is 13.4. The van der Waals surface area contributed by atoms with E-state index in [4.69, 9.17) is 16.1 Å². The predicted octanol–water partition coefficient (Wildman–Crippen LogP) is 2.26. The van der Waals surface area contributed by atoms with Crippen LogP contribution in [0.5, 0.6) is 0 Å². The lowest BCUT2D eigenvalue weighted by Crippen LogP contribution is -2.33. The average Bonchev–Trinajstić information content (AvgIpc) is 3.01. The minimum absolute atomic E-state index is 0.0364. The summed E-state index contributed by atoms with van der Waals surface area (Å²) in [5.74, 6) is -0.451. The van der Waals surface area contributed by atoms with Crippen LogP contribution in [-0.2, 0) is 4.79 Å². The van der Waals surface area contributed by atoms with Crippen molar-refractivity contribution in [1.29, 1.82) is 0 Å². The van der Waals surface area contributed by atoms with Gasteiger partial charge in [0, 0.05) is 19.0 Å². The zero-order chi connectivity index (χ0) is 16.6. The van der Waals surface area contributed by atoms with E-state index in [-0.39, 0.29) is 40.8 Å². The number of carbonyl (C=O) groups is 3. The highest BCUT2D eigenvalue weighted by molar-refractivity contribution is 6.37. The third-order valence-corrected chi connectivity index (χ3v) is 3.72. The lowest BCUT2D eigenvalue weighted by Gasteiger charge is -2.13. The van der Waals surface area contributed by atoms with E-state index < -0.39 is 11.8 Å². The van der Waals surface area contributed by atoms with Gasteiger partial charge in [0.05, 0.1) is 16.1 Å². The summed E-state index contributed by atoms with van der Waals surface area (Å²) in [7, 11) is 0. The number of halogens is 1. The Balaban J connectivity index is 1.65. The molecule has 0 atom stereocenters. The van der Waals surface area contributed by atoms with Crippen LogP contribution in [0.3, 0.4) is 0 Å². The van der Waals surface area contributed by atoms with Gasteiger partial charge in [-0.2, -0.15) is 0 Å². The van der Waals surface area contributed by atoms with Gasteiger partial charge in [0.1, 0.15) is 5.76 Å². The van der Waals surface area contributed by atoms with Crippen molar-refractivity contribution < 1.29 is 18.9 Å². The third kappa shape index (κ3) is 2.83. The van der Waals surface area contributed by atoms with Gasteiger partial charge in [0.15, 0.2) is 5.82 Å². The Labute approximate surface area is 136 Å². The summed E-state index contributed by atoms with van der Waals surface area (Å²) >= 11 is 5.97. The molecule has 1 aliphatic heterocycles. The van der Waals surface area contributed by atoms with Crippen LogP contribution in [0.2, 0.25) is 5.02 Å². The molecule has 1 aliphatic rings. The van der Waals surface area contributed by atoms with Crippen LogP contribution in [-0.4, -0.2) is 34.3 Å². The number of aryl methyl sites for hydroxylation is 1. The molecule has 3 amide bonds. The number of carbonyl (C=O) groups excluding carboxylic acids is 3. The van der Waals surface area contributed by atoms with E-state index in [0.29, 0.717) is 5.76 Å². The van der Waals surface area contributed by atoms with Crippen molar-refractivity contribution in [3.8, 4) is 0 Å². The number of anilines is 1. The topological polar surface area (TPSA) is 92.5 Å². The molecule has 3 rings (SSSR count). The van der Waals surface area contributed by atoms with Gasteiger partial charge in [-0.15, -0.1) is 0 Å². The van der Waals surface area contributed by atoms with E-state index in [9.17, 15) is 14.4 Å². The highest BCUT2D eigenvalue weighted by Crippen LogP contribution is 2.29. The van der Waals surface area contributed by atoms with Crippen LogP contribution < -0.4 is 5.32 Å². The number of rotatable bonds is 4. The van der Waals surface area contributed by atoms with E-state index in [1.807, 2.05) is 0 Å². The summed E-state index contributed by atoms with van der Waals surface area (Å²) in [5.41, 5.74) is 0.446. The number of nitrogens with zero attached hydrogens (tertiary/aromatic N) is 2. The Morgan fingerprint density at radius 3 is 2.78 bits per heavy atom. The van der Waals surface area contributed by atoms with Gasteiger partial charge in [-0.25, -0.2) is 0 Å². The maximum atomic E-state index is 12.3. The standard InChI is InChI=1S/C15H12ClN3O4/c1-8-7-11(18-23-8)17-12(20)5-6-19-14(21)9-3-2-4-10(16)13(9)15(19)22/h2-4,7H,5-6H2,1H3,(H,17,18,20). The lowest BCUT2D eigenvalue weighted by atomic mass is 10.1. The Morgan fingerprint density at radius 2 is 2.13 bits per heavy atom. The summed E-state index contributed by atoms with van der Waals surface area (Å²) in [4.78, 5) is 37.4. The first-order chi connectivity index (χ1) is 11.0. The Morgan fingerprint density at radius 1 is 1.35 bits per heavy atom. The van der Waals surface area contributed by atoms with Crippen molar-refractivity contribution in [2.24, 2.45) is 0 Å². The molecule has 1 aromatic heterocycles. The average molecular weight is 334 g/mol. The smallest absolute Gasteiger partial charge is 0.263 e. The zero-order valence-electron chi connectivity index (χ0n) is 12.1. The van der Waals surface area contributed by atoms with Gasteiger partial charge in [0.25, 0.3) is 11.8 Å². The van der Waals surface area contributed by atoms with Crippen LogP contribution in [0.4, 0.5) is 5.82 Å². The molecule has 7 nitrogen and oxygen atoms in total. The molecule has 0 radical (unpaired) electrons. The first-order valence-electron chi connectivity index (χ1n) is 6.85. The van der Waals surface area contributed by atoms with Crippen molar-refractivity contribution in [2.45, 2.75) is 13.3 Å². The molecule has 0 spiro atoms. The van der Waals surface area contributed by atoms with E-state index >= 15 is 0 Å². The molecule has 2 aromatic rings. The zero-order valence-corrected chi connectivity index (χ0v) is 12.9. The molecule has 1 aromatic carbocycles. The van der Waals surface area contributed by atoms with E-state index in [1.165, 1.54) is 0 Å². The van der Waals surface area contributed by atoms with E-state index in [0.717, 1.165) is 4.90 Å². The summed E-state index contributed by atoms with van der Waals surface area (Å²) in [6, 6.07) is 6.27. The van der Waals surface area contributed by atoms with Crippen LogP contribution in [0.25, 0.3) is 0 Å². The van der Waals surface area contributed by atoms with Crippen LogP contribution >= 0.6 is 11.6 Å². The van der Waals surface area contributed by atoms with E-state index in [2.05, 4.69) is 10.5 Å². The van der Waals surface area contributed by atoms with Crippen molar-refractivity contribution in [3.63, 3.8) is 0 Å². The molecule has 1 N–H and O–H groups in total.